The van der Waals surface area contributed by atoms with Crippen molar-refractivity contribution in [3.05, 3.63) is 41.3 Å². The predicted molar refractivity (Wildman–Crippen MR) is 97.7 cm³/mol. The van der Waals surface area contributed by atoms with Gasteiger partial charge in [0.15, 0.2) is 5.82 Å². The second-order valence-electron chi connectivity index (χ2n) is 7.38. The summed E-state index contributed by atoms with van der Waals surface area (Å²) in [6.07, 6.45) is 2.57. The number of aryl methyl sites for hydroxylation is 2. The summed E-state index contributed by atoms with van der Waals surface area (Å²) in [5, 5.41) is 3.95. The van der Waals surface area contributed by atoms with Crippen molar-refractivity contribution in [1.29, 1.82) is 0 Å². The van der Waals surface area contributed by atoms with Gasteiger partial charge in [-0.1, -0.05) is 19.0 Å². The third kappa shape index (κ3) is 4.27. The van der Waals surface area contributed by atoms with Crippen molar-refractivity contribution in [2.24, 2.45) is 5.92 Å². The minimum absolute atomic E-state index is 0.00475. The third-order valence-electron chi connectivity index (χ3n) is 4.58. The van der Waals surface area contributed by atoms with Gasteiger partial charge in [-0.15, -0.1) is 0 Å². The average molecular weight is 357 g/mol. The summed E-state index contributed by atoms with van der Waals surface area (Å²) in [6, 6.07) is 3.63. The van der Waals surface area contributed by atoms with Gasteiger partial charge in [0, 0.05) is 38.1 Å². The molecule has 0 aromatic carbocycles. The van der Waals surface area contributed by atoms with Crippen LogP contribution in [-0.4, -0.2) is 57.0 Å². The summed E-state index contributed by atoms with van der Waals surface area (Å²) in [7, 11) is 0. The average Bonchev–Trinajstić information content (AvgIpc) is 2.92. The summed E-state index contributed by atoms with van der Waals surface area (Å²) in [5.41, 5.74) is 1.52. The number of nitrogens with zero attached hydrogens (tertiary/aromatic N) is 5. The Morgan fingerprint density at radius 2 is 2.12 bits per heavy atom. The lowest BCUT2D eigenvalue weighted by Gasteiger charge is -2.30. The molecule has 0 radical (unpaired) electrons. The first-order valence-electron chi connectivity index (χ1n) is 9.20. The fraction of sp³-hybridized carbons (Fsp3) is 0.579. The van der Waals surface area contributed by atoms with Crippen LogP contribution in [0, 0.1) is 19.8 Å². The smallest absolute Gasteiger partial charge is 0.255 e. The van der Waals surface area contributed by atoms with E-state index in [1.807, 2.05) is 30.9 Å². The molecule has 2 aromatic rings. The van der Waals surface area contributed by atoms with Gasteiger partial charge in [0.05, 0.1) is 5.56 Å². The zero-order chi connectivity index (χ0) is 18.7. The molecule has 1 aliphatic heterocycles. The van der Waals surface area contributed by atoms with Crippen LogP contribution < -0.4 is 0 Å². The molecule has 0 N–H and O–H groups in total. The number of carbonyl (C=O) groups is 1. The minimum atomic E-state index is -0.0801. The van der Waals surface area contributed by atoms with E-state index in [2.05, 4.69) is 33.9 Å². The van der Waals surface area contributed by atoms with Crippen LogP contribution in [0.3, 0.4) is 0 Å². The maximum absolute atomic E-state index is 13.0. The van der Waals surface area contributed by atoms with Crippen molar-refractivity contribution >= 4 is 5.91 Å². The number of amides is 1. The second-order valence-corrected chi connectivity index (χ2v) is 7.38. The molecule has 1 fully saturated rings. The lowest BCUT2D eigenvalue weighted by Crippen LogP contribution is -2.39. The predicted octanol–water partition coefficient (Wildman–Crippen LogP) is 2.63. The van der Waals surface area contributed by atoms with Crippen LogP contribution in [0.25, 0.3) is 0 Å². The van der Waals surface area contributed by atoms with Gasteiger partial charge in [-0.25, -0.2) is 0 Å². The first kappa shape index (κ1) is 18.5. The molecule has 2 aromatic heterocycles. The van der Waals surface area contributed by atoms with E-state index in [-0.39, 0.29) is 11.9 Å². The van der Waals surface area contributed by atoms with Gasteiger partial charge in [-0.05, 0) is 38.3 Å². The molecule has 1 saturated heterocycles. The van der Waals surface area contributed by atoms with E-state index in [0.717, 1.165) is 25.2 Å². The van der Waals surface area contributed by atoms with E-state index in [1.54, 1.807) is 6.20 Å². The van der Waals surface area contributed by atoms with Gasteiger partial charge in [-0.3, -0.25) is 14.7 Å². The fourth-order valence-electron chi connectivity index (χ4n) is 3.37. The Kier molecular flexibility index (Phi) is 5.66. The Labute approximate surface area is 154 Å². The molecule has 1 amide bonds. The number of hydrogen-bond acceptors (Lipinski definition) is 6. The standard InChI is InChI=1S/C19H27N5O2/c1-13(2)11-23-8-5-9-24(12-17(23)18-21-15(4)22-26-18)19(25)16-7-6-14(3)20-10-16/h6-7,10,13,17H,5,8-9,11-12H2,1-4H3. The lowest BCUT2D eigenvalue weighted by atomic mass is 10.1. The van der Waals surface area contributed by atoms with Crippen LogP contribution in [0.5, 0.6) is 0 Å². The van der Waals surface area contributed by atoms with E-state index in [0.29, 0.717) is 36.3 Å². The van der Waals surface area contributed by atoms with E-state index in [9.17, 15) is 4.79 Å². The van der Waals surface area contributed by atoms with Crippen molar-refractivity contribution in [3.8, 4) is 0 Å². The Hall–Kier alpha value is -2.28. The molecule has 1 atom stereocenters. The maximum Gasteiger partial charge on any atom is 0.255 e. The topological polar surface area (TPSA) is 75.4 Å². The summed E-state index contributed by atoms with van der Waals surface area (Å²) in [5.74, 6) is 1.73. The van der Waals surface area contributed by atoms with Gasteiger partial charge < -0.3 is 9.42 Å². The van der Waals surface area contributed by atoms with Crippen LogP contribution >= 0.6 is 0 Å². The minimum Gasteiger partial charge on any atom is -0.338 e. The molecule has 1 unspecified atom stereocenters. The zero-order valence-electron chi connectivity index (χ0n) is 16.0. The summed E-state index contributed by atoms with van der Waals surface area (Å²) >= 11 is 0. The normalized spacial score (nSPS) is 19.0. The van der Waals surface area contributed by atoms with Crippen molar-refractivity contribution in [1.82, 2.24) is 24.9 Å². The van der Waals surface area contributed by atoms with Crippen molar-refractivity contribution in [2.45, 2.75) is 40.2 Å². The molecule has 0 saturated carbocycles. The zero-order valence-corrected chi connectivity index (χ0v) is 16.0. The number of carbonyl (C=O) groups excluding carboxylic acids is 1. The van der Waals surface area contributed by atoms with Crippen molar-refractivity contribution in [3.63, 3.8) is 0 Å². The second kappa shape index (κ2) is 7.95. The Balaban J connectivity index is 1.84. The van der Waals surface area contributed by atoms with E-state index >= 15 is 0 Å². The fourth-order valence-corrected chi connectivity index (χ4v) is 3.37. The molecule has 26 heavy (non-hydrogen) atoms. The molecule has 1 aliphatic rings. The van der Waals surface area contributed by atoms with Gasteiger partial charge >= 0.3 is 0 Å². The Morgan fingerprint density at radius 1 is 1.31 bits per heavy atom. The van der Waals surface area contributed by atoms with Crippen LogP contribution in [0.1, 0.15) is 54.1 Å². The molecule has 7 nitrogen and oxygen atoms in total. The van der Waals surface area contributed by atoms with Gasteiger partial charge in [0.1, 0.15) is 6.04 Å². The van der Waals surface area contributed by atoms with Crippen molar-refractivity contribution < 1.29 is 9.32 Å². The monoisotopic (exact) mass is 357 g/mol. The molecule has 3 rings (SSSR count). The van der Waals surface area contributed by atoms with Gasteiger partial charge in [0.2, 0.25) is 5.89 Å². The third-order valence-corrected chi connectivity index (χ3v) is 4.58. The van der Waals surface area contributed by atoms with Gasteiger partial charge in [-0.2, -0.15) is 4.98 Å². The SMILES string of the molecule is Cc1ccc(C(=O)N2CCCN(CC(C)C)C(c3nc(C)no3)C2)cn1. The van der Waals surface area contributed by atoms with Gasteiger partial charge in [0.25, 0.3) is 5.91 Å². The molecular weight excluding hydrogens is 330 g/mol. The van der Waals surface area contributed by atoms with Crippen LogP contribution in [0.15, 0.2) is 22.9 Å². The summed E-state index contributed by atoms with van der Waals surface area (Å²) in [6.45, 7) is 11.2. The largest absolute Gasteiger partial charge is 0.338 e. The molecular formula is C19H27N5O2. The molecule has 0 spiro atoms. The Morgan fingerprint density at radius 3 is 2.73 bits per heavy atom. The number of rotatable bonds is 4. The van der Waals surface area contributed by atoms with Crippen molar-refractivity contribution in [2.75, 3.05) is 26.2 Å². The summed E-state index contributed by atoms with van der Waals surface area (Å²) in [4.78, 5) is 25.9. The summed E-state index contributed by atoms with van der Waals surface area (Å²) < 4.78 is 5.47. The highest BCUT2D eigenvalue weighted by molar-refractivity contribution is 5.94. The highest BCUT2D eigenvalue weighted by Crippen LogP contribution is 2.26. The van der Waals surface area contributed by atoms with E-state index < -0.39 is 0 Å². The van der Waals surface area contributed by atoms with Crippen LogP contribution in [0.4, 0.5) is 0 Å². The highest BCUT2D eigenvalue weighted by atomic mass is 16.5. The molecule has 0 bridgehead atoms. The van der Waals surface area contributed by atoms with E-state index in [1.165, 1.54) is 0 Å². The molecule has 3 heterocycles. The first-order valence-corrected chi connectivity index (χ1v) is 9.20. The maximum atomic E-state index is 13.0. The number of aromatic nitrogens is 3. The lowest BCUT2D eigenvalue weighted by molar-refractivity contribution is 0.0708. The number of hydrogen-bond donors (Lipinski definition) is 0. The van der Waals surface area contributed by atoms with E-state index in [4.69, 9.17) is 4.52 Å². The first-order chi connectivity index (χ1) is 12.4. The number of pyridine rings is 1. The molecule has 7 heteroatoms. The van der Waals surface area contributed by atoms with Crippen LogP contribution in [-0.2, 0) is 0 Å². The highest BCUT2D eigenvalue weighted by Gasteiger charge is 2.32. The van der Waals surface area contributed by atoms with Crippen LogP contribution in [0.2, 0.25) is 0 Å². The molecule has 140 valence electrons. The Bertz CT molecular complexity index is 741. The quantitative estimate of drug-likeness (QED) is 0.837. The molecule has 0 aliphatic carbocycles.